The summed E-state index contributed by atoms with van der Waals surface area (Å²) < 4.78 is 39.5. The van der Waals surface area contributed by atoms with Crippen molar-refractivity contribution in [2.24, 2.45) is 0 Å². The molecule has 1 unspecified atom stereocenters. The molecule has 1 atom stereocenters. The summed E-state index contributed by atoms with van der Waals surface area (Å²) in [6, 6.07) is 13.6. The summed E-state index contributed by atoms with van der Waals surface area (Å²) in [5.74, 6) is 0.414. The molecule has 0 amide bonds. The highest BCUT2D eigenvalue weighted by Gasteiger charge is 2.30. The summed E-state index contributed by atoms with van der Waals surface area (Å²) in [5.41, 5.74) is 1.35. The van der Waals surface area contributed by atoms with Crippen LogP contribution in [0.4, 0.5) is 5.69 Å². The summed E-state index contributed by atoms with van der Waals surface area (Å²) in [6.07, 6.45) is 0.717. The monoisotopic (exact) mass is 446 g/mol. The third-order valence-corrected chi connectivity index (χ3v) is 6.84. The van der Waals surface area contributed by atoms with Crippen molar-refractivity contribution >= 4 is 15.7 Å². The number of β-amino-alcohol motifs (C(OH)–C–C–N with tert-alkyl or cyclic N) is 1. The SMILES string of the molecule is C=CCOc1ccccc1N(CC(O)CN1CCOCC1)S(=O)(=O)c1ccc(C)cc1. The number of benzene rings is 2. The number of ether oxygens (including phenoxy) is 2. The number of anilines is 1. The first-order chi connectivity index (χ1) is 14.9. The lowest BCUT2D eigenvalue weighted by atomic mass is 10.2. The average molecular weight is 447 g/mol. The molecule has 1 aliphatic rings. The van der Waals surface area contributed by atoms with Gasteiger partial charge in [-0.05, 0) is 31.2 Å². The number of sulfonamides is 1. The van der Waals surface area contributed by atoms with Gasteiger partial charge in [0.05, 0.1) is 36.4 Å². The van der Waals surface area contributed by atoms with E-state index < -0.39 is 16.1 Å². The van der Waals surface area contributed by atoms with Crippen molar-refractivity contribution in [3.05, 3.63) is 66.7 Å². The van der Waals surface area contributed by atoms with Gasteiger partial charge >= 0.3 is 0 Å². The Morgan fingerprint density at radius 3 is 2.55 bits per heavy atom. The molecule has 1 N–H and O–H groups in total. The molecule has 0 aromatic heterocycles. The maximum Gasteiger partial charge on any atom is 0.264 e. The van der Waals surface area contributed by atoms with Gasteiger partial charge < -0.3 is 14.6 Å². The van der Waals surface area contributed by atoms with Crippen molar-refractivity contribution < 1.29 is 23.0 Å². The lowest BCUT2D eigenvalue weighted by molar-refractivity contribution is 0.0166. The number of hydrogen-bond acceptors (Lipinski definition) is 6. The Morgan fingerprint density at radius 1 is 1.19 bits per heavy atom. The first-order valence-electron chi connectivity index (χ1n) is 10.3. The van der Waals surface area contributed by atoms with E-state index in [9.17, 15) is 13.5 Å². The van der Waals surface area contributed by atoms with Gasteiger partial charge in [-0.1, -0.05) is 42.5 Å². The average Bonchev–Trinajstić information content (AvgIpc) is 2.77. The number of nitrogens with zero attached hydrogens (tertiary/aromatic N) is 2. The van der Waals surface area contributed by atoms with E-state index in [1.165, 1.54) is 4.31 Å². The van der Waals surface area contributed by atoms with Gasteiger partial charge in [0.2, 0.25) is 0 Å². The predicted octanol–water partition coefficient (Wildman–Crippen LogP) is 2.45. The summed E-state index contributed by atoms with van der Waals surface area (Å²) in [4.78, 5) is 2.24. The zero-order chi connectivity index (χ0) is 22.3. The summed E-state index contributed by atoms with van der Waals surface area (Å²) >= 11 is 0. The predicted molar refractivity (Wildman–Crippen MR) is 121 cm³/mol. The fourth-order valence-corrected chi connectivity index (χ4v) is 4.94. The van der Waals surface area contributed by atoms with Crippen LogP contribution in [0, 0.1) is 6.92 Å². The fraction of sp³-hybridized carbons (Fsp3) is 0.391. The Hall–Kier alpha value is -2.39. The van der Waals surface area contributed by atoms with Gasteiger partial charge in [0.25, 0.3) is 10.0 Å². The van der Waals surface area contributed by atoms with Crippen molar-refractivity contribution in [1.82, 2.24) is 4.90 Å². The van der Waals surface area contributed by atoms with Crippen LogP contribution in [-0.2, 0) is 14.8 Å². The number of aryl methyl sites for hydroxylation is 1. The Labute approximate surface area is 184 Å². The summed E-state index contributed by atoms with van der Waals surface area (Å²) in [7, 11) is -3.93. The van der Waals surface area contributed by atoms with Crippen molar-refractivity contribution in [3.8, 4) is 5.75 Å². The quantitative estimate of drug-likeness (QED) is 0.565. The summed E-state index contributed by atoms with van der Waals surface area (Å²) in [6.45, 7) is 8.70. The minimum absolute atomic E-state index is 0.0952. The Bertz CT molecular complexity index is 956. The third kappa shape index (κ3) is 6.07. The highest BCUT2D eigenvalue weighted by molar-refractivity contribution is 7.92. The highest BCUT2D eigenvalue weighted by atomic mass is 32.2. The first-order valence-corrected chi connectivity index (χ1v) is 11.8. The minimum Gasteiger partial charge on any atom is -0.487 e. The van der Waals surface area contributed by atoms with Crippen LogP contribution in [0.3, 0.4) is 0 Å². The van der Waals surface area contributed by atoms with Crippen LogP contribution in [0.5, 0.6) is 5.75 Å². The van der Waals surface area contributed by atoms with E-state index in [0.29, 0.717) is 44.3 Å². The standard InChI is InChI=1S/C23H30N2O5S/c1-3-14-30-23-7-5-4-6-22(23)25(18-20(26)17-24-12-15-29-16-13-24)31(27,28)21-10-8-19(2)9-11-21/h3-11,20,26H,1,12-18H2,2H3. The maximum atomic E-state index is 13.6. The Morgan fingerprint density at radius 2 is 1.87 bits per heavy atom. The zero-order valence-electron chi connectivity index (χ0n) is 17.8. The smallest absolute Gasteiger partial charge is 0.264 e. The molecule has 1 saturated heterocycles. The fourth-order valence-electron chi connectivity index (χ4n) is 3.43. The van der Waals surface area contributed by atoms with Crippen LogP contribution < -0.4 is 9.04 Å². The minimum atomic E-state index is -3.93. The van der Waals surface area contributed by atoms with Crippen molar-refractivity contribution in [2.45, 2.75) is 17.9 Å². The molecule has 1 aliphatic heterocycles. The largest absolute Gasteiger partial charge is 0.487 e. The maximum absolute atomic E-state index is 13.6. The number of morpholine rings is 1. The van der Waals surface area contributed by atoms with Crippen molar-refractivity contribution in [1.29, 1.82) is 0 Å². The van der Waals surface area contributed by atoms with E-state index >= 15 is 0 Å². The third-order valence-electron chi connectivity index (χ3n) is 5.05. The first kappa shape index (κ1) is 23.3. The van der Waals surface area contributed by atoms with E-state index in [-0.39, 0.29) is 18.0 Å². The summed E-state index contributed by atoms with van der Waals surface area (Å²) in [5, 5.41) is 10.8. The second-order valence-corrected chi connectivity index (χ2v) is 9.35. The Kier molecular flexibility index (Phi) is 8.09. The van der Waals surface area contributed by atoms with E-state index in [1.54, 1.807) is 54.6 Å². The molecule has 1 heterocycles. The van der Waals surface area contributed by atoms with Gasteiger partial charge in [0.15, 0.2) is 0 Å². The van der Waals surface area contributed by atoms with Crippen LogP contribution >= 0.6 is 0 Å². The van der Waals surface area contributed by atoms with Crippen LogP contribution in [0.2, 0.25) is 0 Å². The van der Waals surface area contributed by atoms with Crippen molar-refractivity contribution in [2.75, 3.05) is 50.3 Å². The molecule has 0 aliphatic carbocycles. The van der Waals surface area contributed by atoms with Gasteiger partial charge in [0.1, 0.15) is 12.4 Å². The number of rotatable bonds is 10. The van der Waals surface area contributed by atoms with E-state index in [2.05, 4.69) is 11.5 Å². The molecule has 0 radical (unpaired) electrons. The topological polar surface area (TPSA) is 79.3 Å². The molecule has 8 heteroatoms. The van der Waals surface area contributed by atoms with Crippen LogP contribution in [0.1, 0.15) is 5.56 Å². The lowest BCUT2D eigenvalue weighted by Gasteiger charge is -2.32. The molecule has 3 rings (SSSR count). The van der Waals surface area contributed by atoms with Gasteiger partial charge in [-0.25, -0.2) is 8.42 Å². The molecule has 7 nitrogen and oxygen atoms in total. The number of hydrogen-bond donors (Lipinski definition) is 1. The van der Waals surface area contributed by atoms with E-state index in [4.69, 9.17) is 9.47 Å². The number of para-hydroxylation sites is 2. The molecule has 2 aromatic rings. The van der Waals surface area contributed by atoms with Crippen LogP contribution in [0.15, 0.2) is 66.1 Å². The molecular weight excluding hydrogens is 416 g/mol. The molecule has 0 bridgehead atoms. The van der Waals surface area contributed by atoms with Gasteiger partial charge in [-0.2, -0.15) is 0 Å². The molecular formula is C23H30N2O5S. The van der Waals surface area contributed by atoms with Crippen LogP contribution in [0.25, 0.3) is 0 Å². The van der Waals surface area contributed by atoms with Crippen LogP contribution in [-0.4, -0.2) is 70.5 Å². The second-order valence-electron chi connectivity index (χ2n) is 7.48. The van der Waals surface area contributed by atoms with E-state index in [0.717, 1.165) is 5.56 Å². The number of aliphatic hydroxyl groups is 1. The second kappa shape index (κ2) is 10.8. The Balaban J connectivity index is 1.93. The molecule has 0 saturated carbocycles. The molecule has 168 valence electrons. The number of aliphatic hydroxyl groups excluding tert-OH is 1. The normalized spacial score (nSPS) is 15.9. The van der Waals surface area contributed by atoms with Crippen molar-refractivity contribution in [3.63, 3.8) is 0 Å². The zero-order valence-corrected chi connectivity index (χ0v) is 18.6. The molecule has 31 heavy (non-hydrogen) atoms. The van der Waals surface area contributed by atoms with Gasteiger partial charge in [-0.15, -0.1) is 0 Å². The van der Waals surface area contributed by atoms with Gasteiger partial charge in [0, 0.05) is 19.6 Å². The molecule has 1 fully saturated rings. The lowest BCUT2D eigenvalue weighted by Crippen LogP contribution is -2.46. The molecule has 0 spiro atoms. The molecule has 2 aromatic carbocycles. The van der Waals surface area contributed by atoms with E-state index in [1.807, 2.05) is 6.92 Å². The highest BCUT2D eigenvalue weighted by Crippen LogP contribution is 2.33. The van der Waals surface area contributed by atoms with Gasteiger partial charge in [-0.3, -0.25) is 9.21 Å².